The number of amides is 1. The minimum Gasteiger partial charge on any atom is -0.349 e. The van der Waals surface area contributed by atoms with Gasteiger partial charge in [0, 0.05) is 17.1 Å². The molecule has 0 fully saturated rings. The van der Waals surface area contributed by atoms with Crippen molar-refractivity contribution in [2.45, 2.75) is 19.3 Å². The molecule has 94 valence electrons. The lowest BCUT2D eigenvalue weighted by Crippen LogP contribution is -2.48. The molecule has 0 atom stereocenters. The standard InChI is InChI=1S/C10H10I3NO3/c1-2-10(16,17)14-9(15)7-5(11)3-4-6(12)8(7)13/h3-4,16-17H,2H2,1H3,(H,14,15). The second kappa shape index (κ2) is 6.30. The highest BCUT2D eigenvalue weighted by atomic mass is 127. The third kappa shape index (κ3) is 4.14. The number of hydrogen-bond donors (Lipinski definition) is 3. The fraction of sp³-hybridized carbons (Fsp3) is 0.300. The fourth-order valence-corrected chi connectivity index (χ4v) is 3.44. The van der Waals surface area contributed by atoms with E-state index in [1.807, 2.05) is 34.7 Å². The van der Waals surface area contributed by atoms with E-state index in [1.54, 1.807) is 6.92 Å². The lowest BCUT2D eigenvalue weighted by Gasteiger charge is -2.21. The van der Waals surface area contributed by atoms with Crippen molar-refractivity contribution in [3.05, 3.63) is 28.4 Å². The first-order chi connectivity index (χ1) is 7.78. The van der Waals surface area contributed by atoms with Gasteiger partial charge in [0.05, 0.1) is 5.56 Å². The highest BCUT2D eigenvalue weighted by molar-refractivity contribution is 14.1. The maximum Gasteiger partial charge on any atom is 0.257 e. The Morgan fingerprint density at radius 3 is 2.35 bits per heavy atom. The van der Waals surface area contributed by atoms with E-state index in [-0.39, 0.29) is 6.42 Å². The Morgan fingerprint density at radius 1 is 1.29 bits per heavy atom. The molecule has 17 heavy (non-hydrogen) atoms. The van der Waals surface area contributed by atoms with Crippen LogP contribution in [0.1, 0.15) is 23.7 Å². The summed E-state index contributed by atoms with van der Waals surface area (Å²) in [6, 6.07) is 3.73. The molecule has 1 aromatic rings. The second-order valence-corrected chi connectivity index (χ2v) is 6.75. The van der Waals surface area contributed by atoms with Crippen molar-refractivity contribution in [1.82, 2.24) is 5.32 Å². The van der Waals surface area contributed by atoms with E-state index < -0.39 is 11.8 Å². The maximum absolute atomic E-state index is 12.0. The van der Waals surface area contributed by atoms with Crippen molar-refractivity contribution in [3.8, 4) is 0 Å². The maximum atomic E-state index is 12.0. The number of rotatable bonds is 3. The van der Waals surface area contributed by atoms with Crippen molar-refractivity contribution in [2.24, 2.45) is 0 Å². The summed E-state index contributed by atoms with van der Waals surface area (Å²) in [4.78, 5) is 12.0. The monoisotopic (exact) mass is 573 g/mol. The van der Waals surface area contributed by atoms with Gasteiger partial charge in [0.15, 0.2) is 0 Å². The number of aliphatic hydroxyl groups is 2. The largest absolute Gasteiger partial charge is 0.349 e. The van der Waals surface area contributed by atoms with E-state index in [1.165, 1.54) is 0 Å². The van der Waals surface area contributed by atoms with Crippen LogP contribution in [-0.4, -0.2) is 22.0 Å². The molecule has 0 radical (unpaired) electrons. The quantitative estimate of drug-likeness (QED) is 0.296. The molecule has 3 N–H and O–H groups in total. The van der Waals surface area contributed by atoms with Gasteiger partial charge in [0.2, 0.25) is 5.91 Å². The first-order valence-electron chi connectivity index (χ1n) is 4.69. The van der Waals surface area contributed by atoms with Gasteiger partial charge in [-0.3, -0.25) is 4.79 Å². The highest BCUT2D eigenvalue weighted by Crippen LogP contribution is 2.24. The summed E-state index contributed by atoms with van der Waals surface area (Å²) in [5, 5.41) is 21.0. The molecule has 0 aliphatic heterocycles. The van der Waals surface area contributed by atoms with E-state index in [9.17, 15) is 15.0 Å². The van der Waals surface area contributed by atoms with Crippen LogP contribution in [0.3, 0.4) is 0 Å². The van der Waals surface area contributed by atoms with Crippen molar-refractivity contribution in [2.75, 3.05) is 0 Å². The lowest BCUT2D eigenvalue weighted by atomic mass is 10.2. The van der Waals surface area contributed by atoms with E-state index >= 15 is 0 Å². The lowest BCUT2D eigenvalue weighted by molar-refractivity contribution is -0.177. The molecule has 0 aliphatic rings. The molecule has 0 spiro atoms. The van der Waals surface area contributed by atoms with Crippen LogP contribution in [0.15, 0.2) is 12.1 Å². The second-order valence-electron chi connectivity index (χ2n) is 3.34. The summed E-state index contributed by atoms with van der Waals surface area (Å²) < 4.78 is 2.53. The van der Waals surface area contributed by atoms with Crippen molar-refractivity contribution < 1.29 is 15.0 Å². The van der Waals surface area contributed by atoms with Crippen LogP contribution in [-0.2, 0) is 0 Å². The van der Waals surface area contributed by atoms with Crippen LogP contribution >= 0.6 is 67.8 Å². The van der Waals surface area contributed by atoms with Gasteiger partial charge in [-0.05, 0) is 79.9 Å². The zero-order valence-electron chi connectivity index (χ0n) is 8.80. The van der Waals surface area contributed by atoms with Crippen LogP contribution in [0.2, 0.25) is 0 Å². The van der Waals surface area contributed by atoms with E-state index in [2.05, 4.69) is 50.5 Å². The molecule has 4 nitrogen and oxygen atoms in total. The van der Waals surface area contributed by atoms with Gasteiger partial charge in [0.25, 0.3) is 5.91 Å². The normalized spacial score (nSPS) is 11.4. The van der Waals surface area contributed by atoms with Crippen molar-refractivity contribution in [1.29, 1.82) is 0 Å². The summed E-state index contributed by atoms with van der Waals surface area (Å²) in [5.74, 6) is -2.64. The van der Waals surface area contributed by atoms with Crippen LogP contribution < -0.4 is 5.32 Å². The van der Waals surface area contributed by atoms with E-state index in [0.717, 1.165) is 10.7 Å². The molecule has 1 aromatic carbocycles. The Labute approximate surface area is 140 Å². The van der Waals surface area contributed by atoms with Crippen LogP contribution in [0.25, 0.3) is 0 Å². The van der Waals surface area contributed by atoms with Gasteiger partial charge in [-0.25, -0.2) is 0 Å². The highest BCUT2D eigenvalue weighted by Gasteiger charge is 2.26. The van der Waals surface area contributed by atoms with Gasteiger partial charge < -0.3 is 15.5 Å². The molecular formula is C10H10I3NO3. The average molecular weight is 573 g/mol. The molecular weight excluding hydrogens is 563 g/mol. The summed E-state index contributed by atoms with van der Waals surface area (Å²) in [7, 11) is 0. The summed E-state index contributed by atoms with van der Waals surface area (Å²) in [5.41, 5.74) is 0.471. The summed E-state index contributed by atoms with van der Waals surface area (Å²) >= 11 is 6.25. The Kier molecular flexibility index (Phi) is 5.88. The van der Waals surface area contributed by atoms with Crippen LogP contribution in [0.4, 0.5) is 0 Å². The Morgan fingerprint density at radius 2 is 1.82 bits per heavy atom. The topological polar surface area (TPSA) is 69.6 Å². The molecule has 0 saturated heterocycles. The smallest absolute Gasteiger partial charge is 0.257 e. The zero-order chi connectivity index (χ0) is 13.2. The fourth-order valence-electron chi connectivity index (χ4n) is 1.07. The minimum absolute atomic E-state index is 0.0236. The van der Waals surface area contributed by atoms with Gasteiger partial charge in [-0.1, -0.05) is 6.92 Å². The summed E-state index contributed by atoms with van der Waals surface area (Å²) in [6.07, 6.45) is 0.0236. The van der Waals surface area contributed by atoms with Gasteiger partial charge in [-0.15, -0.1) is 0 Å². The Balaban J connectivity index is 3.09. The molecule has 0 unspecified atom stereocenters. The zero-order valence-corrected chi connectivity index (χ0v) is 15.3. The van der Waals surface area contributed by atoms with Crippen molar-refractivity contribution in [3.63, 3.8) is 0 Å². The molecule has 0 heterocycles. The molecule has 7 heteroatoms. The molecule has 0 bridgehead atoms. The molecule has 0 aliphatic carbocycles. The third-order valence-electron chi connectivity index (χ3n) is 2.08. The van der Waals surface area contributed by atoms with E-state index in [0.29, 0.717) is 5.56 Å². The first kappa shape index (κ1) is 15.9. The SMILES string of the molecule is CCC(O)(O)NC(=O)c1c(I)ccc(I)c1I. The number of halogens is 3. The number of carbonyl (C=O) groups excluding carboxylic acids is 1. The molecule has 0 aromatic heterocycles. The number of hydrogen-bond acceptors (Lipinski definition) is 3. The van der Waals surface area contributed by atoms with Gasteiger partial charge in [0.1, 0.15) is 0 Å². The average Bonchev–Trinajstić information content (AvgIpc) is 2.23. The molecule has 1 rings (SSSR count). The van der Waals surface area contributed by atoms with Gasteiger partial charge >= 0.3 is 0 Å². The van der Waals surface area contributed by atoms with Crippen molar-refractivity contribution >= 4 is 73.7 Å². The predicted octanol–water partition coefficient (Wildman–Crippen LogP) is 2.28. The molecule has 1 amide bonds. The van der Waals surface area contributed by atoms with E-state index in [4.69, 9.17) is 0 Å². The van der Waals surface area contributed by atoms with Gasteiger partial charge in [-0.2, -0.15) is 0 Å². The Bertz CT molecular complexity index is 449. The Hall–Kier alpha value is 0.800. The van der Waals surface area contributed by atoms with Crippen LogP contribution in [0, 0.1) is 10.7 Å². The first-order valence-corrected chi connectivity index (χ1v) is 7.93. The van der Waals surface area contributed by atoms with Crippen LogP contribution in [0.5, 0.6) is 0 Å². The minimum atomic E-state index is -2.16. The third-order valence-corrected chi connectivity index (χ3v) is 6.03. The predicted molar refractivity (Wildman–Crippen MR) is 89.5 cm³/mol. The number of nitrogens with one attached hydrogen (secondary N) is 1. The molecule has 0 saturated carbocycles. The summed E-state index contributed by atoms with van der Waals surface area (Å²) in [6.45, 7) is 1.57. The number of carbonyl (C=O) groups is 1. The number of benzene rings is 1.